The summed E-state index contributed by atoms with van der Waals surface area (Å²) in [6.07, 6.45) is 0. The van der Waals surface area contributed by atoms with Crippen molar-refractivity contribution < 1.29 is 14.3 Å². The van der Waals surface area contributed by atoms with Crippen LogP contribution in [0.2, 0.25) is 5.02 Å². The van der Waals surface area contributed by atoms with Crippen molar-refractivity contribution in [3.63, 3.8) is 0 Å². The molecule has 0 aromatic heterocycles. The van der Waals surface area contributed by atoms with E-state index in [2.05, 4.69) is 0 Å². The van der Waals surface area contributed by atoms with Gasteiger partial charge in [-0.1, -0.05) is 11.6 Å². The van der Waals surface area contributed by atoms with Crippen LogP contribution in [0, 0.1) is 12.7 Å². The van der Waals surface area contributed by atoms with E-state index in [0.29, 0.717) is 5.56 Å². The largest absolute Gasteiger partial charge is 0.504 e. The van der Waals surface area contributed by atoms with Crippen molar-refractivity contribution >= 4 is 17.4 Å². The van der Waals surface area contributed by atoms with Crippen LogP contribution in [0.15, 0.2) is 6.07 Å². The first kappa shape index (κ1) is 9.99. The topological polar surface area (TPSA) is 37.3 Å². The number of halogens is 2. The number of benzene rings is 1. The van der Waals surface area contributed by atoms with Gasteiger partial charge in [0.25, 0.3) is 0 Å². The number of hydrogen-bond donors (Lipinski definition) is 1. The van der Waals surface area contributed by atoms with Gasteiger partial charge in [-0.25, -0.2) is 4.39 Å². The monoisotopic (exact) mass is 202 g/mol. The van der Waals surface area contributed by atoms with Crippen LogP contribution in [0.5, 0.6) is 5.75 Å². The summed E-state index contributed by atoms with van der Waals surface area (Å²) in [7, 11) is 0. The molecule has 0 saturated carbocycles. The first-order valence-corrected chi connectivity index (χ1v) is 4.01. The second-order valence-corrected chi connectivity index (χ2v) is 3.15. The fourth-order valence-corrected chi connectivity index (χ4v) is 1.15. The fraction of sp³-hybridized carbons (Fsp3) is 0.222. The molecule has 2 nitrogen and oxygen atoms in total. The molecule has 13 heavy (non-hydrogen) atoms. The van der Waals surface area contributed by atoms with Gasteiger partial charge in [0.05, 0.1) is 10.6 Å². The van der Waals surface area contributed by atoms with Crippen molar-refractivity contribution in [1.29, 1.82) is 0 Å². The SMILES string of the molecule is CC(=O)c1cc(C)c(Cl)c(O)c1F. The lowest BCUT2D eigenvalue weighted by molar-refractivity contribution is 0.101. The third kappa shape index (κ3) is 1.65. The van der Waals surface area contributed by atoms with E-state index >= 15 is 0 Å². The highest BCUT2D eigenvalue weighted by Gasteiger charge is 2.16. The summed E-state index contributed by atoms with van der Waals surface area (Å²) in [5, 5.41) is 9.10. The molecule has 0 aliphatic rings. The quantitative estimate of drug-likeness (QED) is 0.711. The third-order valence-corrected chi connectivity index (χ3v) is 2.22. The molecule has 0 saturated heterocycles. The van der Waals surface area contributed by atoms with Crippen molar-refractivity contribution in [2.75, 3.05) is 0 Å². The highest BCUT2D eigenvalue weighted by molar-refractivity contribution is 6.33. The number of phenols is 1. The number of Topliss-reactive ketones (excluding diaryl/α,β-unsaturated/α-hetero) is 1. The van der Waals surface area contributed by atoms with Gasteiger partial charge in [0.1, 0.15) is 0 Å². The molecule has 0 bridgehead atoms. The molecule has 1 aromatic carbocycles. The summed E-state index contributed by atoms with van der Waals surface area (Å²) in [6, 6.07) is 1.32. The van der Waals surface area contributed by atoms with E-state index in [1.54, 1.807) is 6.92 Å². The van der Waals surface area contributed by atoms with E-state index < -0.39 is 17.3 Å². The molecular formula is C9H8ClFO2. The molecule has 1 aromatic rings. The van der Waals surface area contributed by atoms with Crippen LogP contribution in [0.1, 0.15) is 22.8 Å². The Bertz CT molecular complexity index is 374. The molecule has 0 aliphatic heterocycles. The molecule has 0 amide bonds. The van der Waals surface area contributed by atoms with Crippen molar-refractivity contribution in [2.24, 2.45) is 0 Å². The normalized spacial score (nSPS) is 10.2. The predicted molar refractivity (Wildman–Crippen MR) is 47.8 cm³/mol. The zero-order chi connectivity index (χ0) is 10.2. The van der Waals surface area contributed by atoms with E-state index in [-0.39, 0.29) is 10.6 Å². The average Bonchev–Trinajstić information content (AvgIpc) is 2.07. The van der Waals surface area contributed by atoms with Gasteiger partial charge < -0.3 is 5.11 Å². The van der Waals surface area contributed by atoms with Gasteiger partial charge in [-0.15, -0.1) is 0 Å². The Balaban J connectivity index is 3.50. The van der Waals surface area contributed by atoms with E-state index in [0.717, 1.165) is 0 Å². The Morgan fingerprint density at radius 2 is 2.15 bits per heavy atom. The lowest BCUT2D eigenvalue weighted by Crippen LogP contribution is -1.98. The average molecular weight is 203 g/mol. The first-order valence-electron chi connectivity index (χ1n) is 3.63. The number of ketones is 1. The van der Waals surface area contributed by atoms with Gasteiger partial charge in [-0.3, -0.25) is 4.79 Å². The number of rotatable bonds is 1. The Labute approximate surface area is 80.0 Å². The summed E-state index contributed by atoms with van der Waals surface area (Å²) < 4.78 is 13.1. The third-order valence-electron chi connectivity index (χ3n) is 1.74. The number of aromatic hydroxyl groups is 1. The summed E-state index contributed by atoms with van der Waals surface area (Å²) in [4.78, 5) is 10.9. The molecule has 0 fully saturated rings. The number of carbonyl (C=O) groups is 1. The number of aryl methyl sites for hydroxylation is 1. The molecule has 0 heterocycles. The predicted octanol–water partition coefficient (Wildman–Crippen LogP) is 2.70. The minimum absolute atomic E-state index is 0.0532. The van der Waals surface area contributed by atoms with Gasteiger partial charge in [0.15, 0.2) is 17.3 Å². The fourth-order valence-electron chi connectivity index (χ4n) is 1.01. The van der Waals surface area contributed by atoms with Crippen molar-refractivity contribution in [2.45, 2.75) is 13.8 Å². The Hall–Kier alpha value is -1.09. The molecule has 0 radical (unpaired) electrons. The highest BCUT2D eigenvalue weighted by atomic mass is 35.5. The van der Waals surface area contributed by atoms with Gasteiger partial charge in [0, 0.05) is 0 Å². The number of hydrogen-bond acceptors (Lipinski definition) is 2. The highest BCUT2D eigenvalue weighted by Crippen LogP contribution is 2.32. The first-order chi connectivity index (χ1) is 5.95. The number of carbonyl (C=O) groups excluding carboxylic acids is 1. The Morgan fingerprint density at radius 3 is 2.62 bits per heavy atom. The maximum absolute atomic E-state index is 13.1. The maximum atomic E-state index is 13.1. The second-order valence-electron chi connectivity index (χ2n) is 2.77. The summed E-state index contributed by atoms with van der Waals surface area (Å²) in [5.41, 5.74) is 0.338. The molecule has 0 spiro atoms. The van der Waals surface area contributed by atoms with Crippen molar-refractivity contribution in [3.05, 3.63) is 28.0 Å². The second kappa shape index (κ2) is 3.34. The van der Waals surface area contributed by atoms with Crippen LogP contribution >= 0.6 is 11.6 Å². The van der Waals surface area contributed by atoms with Crippen LogP contribution in [-0.4, -0.2) is 10.9 Å². The van der Waals surface area contributed by atoms with Crippen molar-refractivity contribution in [1.82, 2.24) is 0 Å². The van der Waals surface area contributed by atoms with E-state index in [1.807, 2.05) is 0 Å². The summed E-state index contributed by atoms with van der Waals surface area (Å²) in [5.74, 6) is -2.05. The molecule has 0 aliphatic carbocycles. The molecule has 0 atom stereocenters. The van der Waals surface area contributed by atoms with Crippen LogP contribution < -0.4 is 0 Å². The van der Waals surface area contributed by atoms with E-state index in [1.165, 1.54) is 13.0 Å². The van der Waals surface area contributed by atoms with E-state index in [9.17, 15) is 9.18 Å². The lowest BCUT2D eigenvalue weighted by Gasteiger charge is -2.05. The maximum Gasteiger partial charge on any atom is 0.177 e. The Kier molecular flexibility index (Phi) is 2.57. The summed E-state index contributed by atoms with van der Waals surface area (Å²) in [6.45, 7) is 2.82. The molecule has 4 heteroatoms. The van der Waals surface area contributed by atoms with Crippen LogP contribution in [0.25, 0.3) is 0 Å². The number of phenolic OH excluding ortho intramolecular Hbond substituents is 1. The zero-order valence-corrected chi connectivity index (χ0v) is 7.94. The van der Waals surface area contributed by atoms with Gasteiger partial charge >= 0.3 is 0 Å². The van der Waals surface area contributed by atoms with Gasteiger partial charge in [0.2, 0.25) is 0 Å². The van der Waals surface area contributed by atoms with Gasteiger partial charge in [-0.05, 0) is 25.5 Å². The summed E-state index contributed by atoms with van der Waals surface area (Å²) >= 11 is 5.56. The molecule has 1 N–H and O–H groups in total. The molecule has 1 rings (SSSR count). The lowest BCUT2D eigenvalue weighted by atomic mass is 10.1. The molecular weight excluding hydrogens is 195 g/mol. The smallest absolute Gasteiger partial charge is 0.177 e. The molecule has 0 unspecified atom stereocenters. The van der Waals surface area contributed by atoms with Crippen LogP contribution in [0.4, 0.5) is 4.39 Å². The van der Waals surface area contributed by atoms with Crippen LogP contribution in [-0.2, 0) is 0 Å². The molecule has 70 valence electrons. The Morgan fingerprint density at radius 1 is 1.62 bits per heavy atom. The van der Waals surface area contributed by atoms with Crippen LogP contribution in [0.3, 0.4) is 0 Å². The van der Waals surface area contributed by atoms with E-state index in [4.69, 9.17) is 16.7 Å². The minimum atomic E-state index is -0.955. The van der Waals surface area contributed by atoms with Crippen molar-refractivity contribution in [3.8, 4) is 5.75 Å². The minimum Gasteiger partial charge on any atom is -0.504 e. The zero-order valence-electron chi connectivity index (χ0n) is 7.19. The van der Waals surface area contributed by atoms with Gasteiger partial charge in [-0.2, -0.15) is 0 Å². The standard InChI is InChI=1S/C9H8ClFO2/c1-4-3-6(5(2)12)8(11)9(13)7(4)10/h3,13H,1-2H3.